The second kappa shape index (κ2) is 3.83. The maximum absolute atomic E-state index is 12.4. The lowest BCUT2D eigenvalue weighted by molar-refractivity contribution is -0.122. The molecule has 1 saturated heterocycles. The minimum atomic E-state index is -0.0566. The molecule has 4 heteroatoms. The first-order valence-electron chi connectivity index (χ1n) is 7.00. The van der Waals surface area contributed by atoms with Gasteiger partial charge in [0.15, 0.2) is 0 Å². The highest BCUT2D eigenvalue weighted by molar-refractivity contribution is 6.22. The van der Waals surface area contributed by atoms with Gasteiger partial charge in [0.2, 0.25) is 11.8 Å². The van der Waals surface area contributed by atoms with Crippen molar-refractivity contribution in [3.63, 3.8) is 0 Å². The number of imide groups is 1. The second-order valence-electron chi connectivity index (χ2n) is 5.67. The lowest BCUT2D eigenvalue weighted by atomic mass is 10.00. The highest BCUT2D eigenvalue weighted by Gasteiger charge is 2.50. The van der Waals surface area contributed by atoms with E-state index in [4.69, 9.17) is 0 Å². The SMILES string of the molecule is O=C1C2CCCC2C(=O)N1c1ccc2c(c1)CCN2. The van der Waals surface area contributed by atoms with Gasteiger partial charge < -0.3 is 5.32 Å². The standard InChI is InChI=1S/C15H16N2O2/c18-14-11-2-1-3-12(11)15(19)17(14)10-4-5-13-9(8-10)6-7-16-13/h4-5,8,11-12,16H,1-3,6-7H2. The van der Waals surface area contributed by atoms with E-state index in [1.807, 2.05) is 18.2 Å². The normalized spacial score (nSPS) is 28.5. The lowest BCUT2D eigenvalue weighted by Crippen LogP contribution is -2.31. The summed E-state index contributed by atoms with van der Waals surface area (Å²) < 4.78 is 0. The summed E-state index contributed by atoms with van der Waals surface area (Å²) in [4.78, 5) is 26.2. The number of carbonyl (C=O) groups is 2. The van der Waals surface area contributed by atoms with Crippen LogP contribution in [0.25, 0.3) is 0 Å². The van der Waals surface area contributed by atoms with Crippen LogP contribution in [0.5, 0.6) is 0 Å². The van der Waals surface area contributed by atoms with Crippen LogP contribution in [0.4, 0.5) is 11.4 Å². The molecule has 0 spiro atoms. The number of anilines is 2. The van der Waals surface area contributed by atoms with Crippen molar-refractivity contribution in [3.8, 4) is 0 Å². The zero-order chi connectivity index (χ0) is 13.0. The Morgan fingerprint density at radius 1 is 1.11 bits per heavy atom. The summed E-state index contributed by atoms with van der Waals surface area (Å²) in [5, 5.41) is 3.29. The molecule has 2 aliphatic heterocycles. The van der Waals surface area contributed by atoms with Gasteiger partial charge in [0.1, 0.15) is 0 Å². The summed E-state index contributed by atoms with van der Waals surface area (Å²) in [5.74, 6) is -0.0884. The van der Waals surface area contributed by atoms with Crippen molar-refractivity contribution in [1.82, 2.24) is 0 Å². The molecule has 2 heterocycles. The van der Waals surface area contributed by atoms with Crippen molar-refractivity contribution in [2.75, 3.05) is 16.8 Å². The molecule has 1 aromatic rings. The van der Waals surface area contributed by atoms with E-state index >= 15 is 0 Å². The van der Waals surface area contributed by atoms with Gasteiger partial charge in [-0.25, -0.2) is 0 Å². The van der Waals surface area contributed by atoms with Crippen LogP contribution in [0.1, 0.15) is 24.8 Å². The zero-order valence-corrected chi connectivity index (χ0v) is 10.7. The Kier molecular flexibility index (Phi) is 2.22. The molecule has 0 bridgehead atoms. The molecule has 19 heavy (non-hydrogen) atoms. The molecular formula is C15H16N2O2. The van der Waals surface area contributed by atoms with Gasteiger partial charge >= 0.3 is 0 Å². The molecule has 0 aromatic heterocycles. The van der Waals surface area contributed by atoms with Gasteiger partial charge in [-0.15, -0.1) is 0 Å². The number of hydrogen-bond donors (Lipinski definition) is 1. The average molecular weight is 256 g/mol. The average Bonchev–Trinajstić information content (AvgIpc) is 3.10. The van der Waals surface area contributed by atoms with Crippen LogP contribution in [0.2, 0.25) is 0 Å². The maximum atomic E-state index is 12.4. The van der Waals surface area contributed by atoms with Gasteiger partial charge in [-0.05, 0) is 43.0 Å². The second-order valence-corrected chi connectivity index (χ2v) is 5.67. The minimum absolute atomic E-state index is 0.0124. The van der Waals surface area contributed by atoms with Gasteiger partial charge in [0.25, 0.3) is 0 Å². The highest BCUT2D eigenvalue weighted by Crippen LogP contribution is 2.42. The number of nitrogens with zero attached hydrogens (tertiary/aromatic N) is 1. The lowest BCUT2D eigenvalue weighted by Gasteiger charge is -2.16. The molecule has 3 aliphatic rings. The van der Waals surface area contributed by atoms with Gasteiger partial charge in [-0.2, -0.15) is 0 Å². The topological polar surface area (TPSA) is 49.4 Å². The van der Waals surface area contributed by atoms with E-state index in [2.05, 4.69) is 5.32 Å². The molecule has 2 amide bonds. The third-order valence-corrected chi connectivity index (χ3v) is 4.65. The fourth-order valence-electron chi connectivity index (χ4n) is 3.68. The summed E-state index contributed by atoms with van der Waals surface area (Å²) in [6.45, 7) is 0.936. The van der Waals surface area contributed by atoms with E-state index in [0.717, 1.165) is 43.6 Å². The number of carbonyl (C=O) groups excluding carboxylic acids is 2. The van der Waals surface area contributed by atoms with Crippen molar-refractivity contribution >= 4 is 23.2 Å². The Balaban J connectivity index is 1.73. The molecule has 2 fully saturated rings. The molecule has 4 nitrogen and oxygen atoms in total. The zero-order valence-electron chi connectivity index (χ0n) is 10.7. The molecule has 1 aromatic carbocycles. The number of hydrogen-bond acceptors (Lipinski definition) is 3. The van der Waals surface area contributed by atoms with Crippen molar-refractivity contribution in [1.29, 1.82) is 0 Å². The van der Waals surface area contributed by atoms with E-state index in [-0.39, 0.29) is 23.7 Å². The summed E-state index contributed by atoms with van der Waals surface area (Å²) in [5.41, 5.74) is 3.09. The molecule has 1 saturated carbocycles. The molecule has 0 radical (unpaired) electrons. The van der Waals surface area contributed by atoms with E-state index < -0.39 is 0 Å². The third-order valence-electron chi connectivity index (χ3n) is 4.65. The van der Waals surface area contributed by atoms with Crippen molar-refractivity contribution in [2.45, 2.75) is 25.7 Å². The van der Waals surface area contributed by atoms with Gasteiger partial charge in [0, 0.05) is 12.2 Å². The molecule has 98 valence electrons. The molecule has 2 atom stereocenters. The number of amides is 2. The fourth-order valence-corrected chi connectivity index (χ4v) is 3.68. The van der Waals surface area contributed by atoms with Gasteiger partial charge in [0.05, 0.1) is 17.5 Å². The van der Waals surface area contributed by atoms with E-state index in [1.54, 1.807) is 0 Å². The van der Waals surface area contributed by atoms with Crippen LogP contribution in [0.15, 0.2) is 18.2 Å². The van der Waals surface area contributed by atoms with Crippen LogP contribution in [-0.2, 0) is 16.0 Å². The summed E-state index contributed by atoms with van der Waals surface area (Å²) in [6.07, 6.45) is 3.72. The Bertz CT molecular complexity index is 560. The van der Waals surface area contributed by atoms with Crippen LogP contribution >= 0.6 is 0 Å². The van der Waals surface area contributed by atoms with Crippen molar-refractivity contribution in [2.24, 2.45) is 11.8 Å². The molecular weight excluding hydrogens is 240 g/mol. The largest absolute Gasteiger partial charge is 0.384 e. The third kappa shape index (κ3) is 1.46. The van der Waals surface area contributed by atoms with Gasteiger partial charge in [-0.1, -0.05) is 6.42 Å². The van der Waals surface area contributed by atoms with Crippen LogP contribution in [0, 0.1) is 11.8 Å². The highest BCUT2D eigenvalue weighted by atomic mass is 16.2. The fraction of sp³-hybridized carbons (Fsp3) is 0.467. The Morgan fingerprint density at radius 3 is 2.58 bits per heavy atom. The number of fused-ring (bicyclic) bond motifs is 2. The number of rotatable bonds is 1. The molecule has 1 aliphatic carbocycles. The Morgan fingerprint density at radius 2 is 1.84 bits per heavy atom. The molecule has 2 unspecified atom stereocenters. The van der Waals surface area contributed by atoms with Gasteiger partial charge in [-0.3, -0.25) is 14.5 Å². The summed E-state index contributed by atoms with van der Waals surface area (Å²) in [7, 11) is 0. The van der Waals surface area contributed by atoms with Crippen LogP contribution < -0.4 is 10.2 Å². The first-order valence-corrected chi connectivity index (χ1v) is 7.00. The predicted molar refractivity (Wildman–Crippen MR) is 72.0 cm³/mol. The molecule has 1 N–H and O–H groups in total. The first kappa shape index (κ1) is 11.0. The minimum Gasteiger partial charge on any atom is -0.384 e. The van der Waals surface area contributed by atoms with Crippen molar-refractivity contribution in [3.05, 3.63) is 23.8 Å². The van der Waals surface area contributed by atoms with Crippen LogP contribution in [-0.4, -0.2) is 18.4 Å². The number of benzene rings is 1. The summed E-state index contributed by atoms with van der Waals surface area (Å²) in [6, 6.07) is 5.85. The van der Waals surface area contributed by atoms with E-state index in [9.17, 15) is 9.59 Å². The predicted octanol–water partition coefficient (Wildman–Crippen LogP) is 1.94. The van der Waals surface area contributed by atoms with Crippen LogP contribution in [0.3, 0.4) is 0 Å². The Labute approximate surface area is 111 Å². The maximum Gasteiger partial charge on any atom is 0.237 e. The van der Waals surface area contributed by atoms with E-state index in [1.165, 1.54) is 10.5 Å². The quantitative estimate of drug-likeness (QED) is 0.781. The van der Waals surface area contributed by atoms with E-state index in [0.29, 0.717) is 0 Å². The number of nitrogens with one attached hydrogen (secondary N) is 1. The first-order chi connectivity index (χ1) is 9.25. The Hall–Kier alpha value is -1.84. The summed E-state index contributed by atoms with van der Waals surface area (Å²) >= 11 is 0. The monoisotopic (exact) mass is 256 g/mol. The smallest absolute Gasteiger partial charge is 0.237 e. The van der Waals surface area contributed by atoms with Crippen molar-refractivity contribution < 1.29 is 9.59 Å². The molecule has 4 rings (SSSR count).